The van der Waals surface area contributed by atoms with E-state index in [0.717, 1.165) is 4.68 Å². The normalized spacial score (nSPS) is 12.1. The Balaban J connectivity index is 2.74. The van der Waals surface area contributed by atoms with E-state index in [2.05, 4.69) is 5.10 Å². The first kappa shape index (κ1) is 21.1. The summed E-state index contributed by atoms with van der Waals surface area (Å²) in [7, 11) is 0. The van der Waals surface area contributed by atoms with Gasteiger partial charge in [-0.3, -0.25) is 4.79 Å². The SMILES string of the molecule is N#Cc1nn(-c2c(Cl)cc(C(F)(F)F)cc2Cl)c(C=O)c1SC(F)(Cl)Cl. The molecule has 26 heavy (non-hydrogen) atoms. The quantitative estimate of drug-likeness (QED) is 0.239. The number of hydrogen-bond acceptors (Lipinski definition) is 4. The zero-order valence-corrected chi connectivity index (χ0v) is 15.8. The minimum absolute atomic E-state index is 0.0987. The Morgan fingerprint density at radius 2 is 1.73 bits per heavy atom. The Morgan fingerprint density at radius 3 is 2.12 bits per heavy atom. The van der Waals surface area contributed by atoms with Crippen LogP contribution in [0.15, 0.2) is 17.0 Å². The number of benzene rings is 1. The highest BCUT2D eigenvalue weighted by Gasteiger charge is 2.34. The largest absolute Gasteiger partial charge is 0.416 e. The second-order valence-electron chi connectivity index (χ2n) is 4.54. The first-order chi connectivity index (χ1) is 11.9. The Hall–Kier alpha value is -1.18. The monoisotopic (exact) mass is 465 g/mol. The fourth-order valence-electron chi connectivity index (χ4n) is 1.91. The molecular formula is C13H3Cl4F4N3OS. The molecule has 0 atom stereocenters. The molecule has 0 aliphatic carbocycles. The first-order valence-electron chi connectivity index (χ1n) is 6.19. The zero-order chi connectivity index (χ0) is 19.9. The number of aldehydes is 1. The van der Waals surface area contributed by atoms with Crippen molar-refractivity contribution in [3.05, 3.63) is 39.1 Å². The molecule has 0 bridgehead atoms. The third-order valence-electron chi connectivity index (χ3n) is 2.87. The molecule has 2 rings (SSSR count). The van der Waals surface area contributed by atoms with Crippen molar-refractivity contribution < 1.29 is 22.4 Å². The summed E-state index contributed by atoms with van der Waals surface area (Å²) in [4.78, 5) is 11.1. The van der Waals surface area contributed by atoms with E-state index in [-0.39, 0.29) is 28.6 Å². The van der Waals surface area contributed by atoms with Gasteiger partial charge in [-0.1, -0.05) is 46.4 Å². The summed E-state index contributed by atoms with van der Waals surface area (Å²) in [6, 6.07) is 2.74. The third-order valence-corrected chi connectivity index (χ3v) is 4.74. The number of rotatable bonds is 4. The molecule has 0 radical (unpaired) electrons. The summed E-state index contributed by atoms with van der Waals surface area (Å²) in [5, 5.41) is 11.8. The molecule has 1 aromatic heterocycles. The van der Waals surface area contributed by atoms with Gasteiger partial charge in [0, 0.05) is 0 Å². The van der Waals surface area contributed by atoms with Crippen molar-refractivity contribution in [3.63, 3.8) is 0 Å². The van der Waals surface area contributed by atoms with E-state index in [1.807, 2.05) is 0 Å². The zero-order valence-electron chi connectivity index (χ0n) is 11.9. The molecule has 0 spiro atoms. The van der Waals surface area contributed by atoms with Crippen molar-refractivity contribution in [1.82, 2.24) is 9.78 Å². The molecule has 0 saturated heterocycles. The summed E-state index contributed by atoms with van der Waals surface area (Å²) in [6.45, 7) is 0. The Morgan fingerprint density at radius 1 is 1.19 bits per heavy atom. The lowest BCUT2D eigenvalue weighted by molar-refractivity contribution is -0.137. The van der Waals surface area contributed by atoms with Gasteiger partial charge in [-0.05, 0) is 23.9 Å². The van der Waals surface area contributed by atoms with Crippen molar-refractivity contribution in [2.75, 3.05) is 0 Å². The molecule has 0 unspecified atom stereocenters. The van der Waals surface area contributed by atoms with E-state index in [1.165, 1.54) is 0 Å². The van der Waals surface area contributed by atoms with E-state index in [1.54, 1.807) is 6.07 Å². The molecule has 2 aromatic rings. The highest BCUT2D eigenvalue weighted by Crippen LogP contribution is 2.45. The van der Waals surface area contributed by atoms with Gasteiger partial charge in [0.05, 0.1) is 20.5 Å². The van der Waals surface area contributed by atoms with Gasteiger partial charge in [0.15, 0.2) is 12.0 Å². The number of halogens is 8. The van der Waals surface area contributed by atoms with Crippen LogP contribution in [0.3, 0.4) is 0 Å². The van der Waals surface area contributed by atoms with Gasteiger partial charge >= 0.3 is 10.1 Å². The Labute approximate surface area is 167 Å². The lowest BCUT2D eigenvalue weighted by atomic mass is 10.2. The predicted molar refractivity (Wildman–Crippen MR) is 90.1 cm³/mol. The first-order valence-corrected chi connectivity index (χ1v) is 8.52. The van der Waals surface area contributed by atoms with Crippen LogP contribution in [0.1, 0.15) is 21.7 Å². The number of nitrogens with zero attached hydrogens (tertiary/aromatic N) is 3. The number of carbonyl (C=O) groups is 1. The van der Waals surface area contributed by atoms with Crippen LogP contribution >= 0.6 is 58.2 Å². The van der Waals surface area contributed by atoms with E-state index in [0.29, 0.717) is 12.1 Å². The van der Waals surface area contributed by atoms with Crippen LogP contribution < -0.4 is 0 Å². The number of nitriles is 1. The summed E-state index contributed by atoms with van der Waals surface area (Å²) in [6.07, 6.45) is -4.53. The predicted octanol–water partition coefficient (Wildman–Crippen LogP) is 6.03. The number of aromatic nitrogens is 2. The summed E-state index contributed by atoms with van der Waals surface area (Å²) in [5.74, 6) is 0. The maximum atomic E-state index is 13.5. The fourth-order valence-corrected chi connectivity index (χ4v) is 3.68. The number of thioether (sulfide) groups is 1. The van der Waals surface area contributed by atoms with Crippen LogP contribution in [0.4, 0.5) is 17.6 Å². The lowest BCUT2D eigenvalue weighted by Gasteiger charge is -2.13. The topological polar surface area (TPSA) is 58.7 Å². The van der Waals surface area contributed by atoms with Gasteiger partial charge in [0.2, 0.25) is 0 Å². The summed E-state index contributed by atoms with van der Waals surface area (Å²) < 4.78 is 49.8. The second kappa shape index (κ2) is 7.44. The van der Waals surface area contributed by atoms with Crippen molar-refractivity contribution in [2.24, 2.45) is 0 Å². The fraction of sp³-hybridized carbons (Fsp3) is 0.154. The van der Waals surface area contributed by atoms with Crippen LogP contribution in [0.5, 0.6) is 0 Å². The van der Waals surface area contributed by atoms with Gasteiger partial charge in [0.1, 0.15) is 17.5 Å². The van der Waals surface area contributed by atoms with E-state index < -0.39 is 37.1 Å². The molecule has 1 heterocycles. The smallest absolute Gasteiger partial charge is 0.296 e. The lowest BCUT2D eigenvalue weighted by Crippen LogP contribution is -2.09. The van der Waals surface area contributed by atoms with Gasteiger partial charge < -0.3 is 0 Å². The average Bonchev–Trinajstić information content (AvgIpc) is 2.81. The average molecular weight is 467 g/mol. The molecule has 0 amide bonds. The Kier molecular flexibility index (Phi) is 6.05. The third kappa shape index (κ3) is 4.38. The Bertz CT molecular complexity index is 895. The van der Waals surface area contributed by atoms with Gasteiger partial charge in [-0.15, -0.1) is 0 Å². The van der Waals surface area contributed by atoms with Crippen molar-refractivity contribution in [1.29, 1.82) is 5.26 Å². The molecule has 13 heteroatoms. The molecule has 138 valence electrons. The maximum Gasteiger partial charge on any atom is 0.416 e. The number of hydrogen-bond donors (Lipinski definition) is 0. The molecule has 1 aromatic carbocycles. The minimum atomic E-state index is -4.71. The molecular weight excluding hydrogens is 464 g/mol. The second-order valence-corrected chi connectivity index (χ2v) is 8.21. The maximum absolute atomic E-state index is 13.5. The van der Waals surface area contributed by atoms with Crippen molar-refractivity contribution in [2.45, 2.75) is 15.0 Å². The van der Waals surface area contributed by atoms with Crippen molar-refractivity contribution in [3.8, 4) is 11.8 Å². The van der Waals surface area contributed by atoms with Crippen LogP contribution in [0.2, 0.25) is 10.0 Å². The standard InChI is InChI=1S/C13H3Cl4F4N3OS/c14-6-1-5(12(18,19)20)2-7(15)10(6)24-9(4-25)11(8(3-22)23-24)26-13(16,17)21/h1-2,4H. The van der Waals surface area contributed by atoms with Crippen LogP contribution in [-0.4, -0.2) is 20.0 Å². The summed E-state index contributed by atoms with van der Waals surface area (Å²) in [5.41, 5.74) is -2.30. The van der Waals surface area contributed by atoms with Crippen LogP contribution in [0, 0.1) is 11.3 Å². The van der Waals surface area contributed by atoms with Crippen LogP contribution in [-0.2, 0) is 6.18 Å². The molecule has 0 aliphatic rings. The molecule has 0 aliphatic heterocycles. The molecule has 0 fully saturated rings. The minimum Gasteiger partial charge on any atom is -0.296 e. The highest BCUT2D eigenvalue weighted by molar-refractivity contribution is 8.03. The molecule has 0 saturated carbocycles. The van der Waals surface area contributed by atoms with Gasteiger partial charge in [-0.2, -0.15) is 27.9 Å². The number of alkyl halides is 6. The van der Waals surface area contributed by atoms with E-state index >= 15 is 0 Å². The van der Waals surface area contributed by atoms with Gasteiger partial charge in [0.25, 0.3) is 0 Å². The van der Waals surface area contributed by atoms with Crippen molar-refractivity contribution >= 4 is 64.5 Å². The van der Waals surface area contributed by atoms with Crippen LogP contribution in [0.25, 0.3) is 5.69 Å². The van der Waals surface area contributed by atoms with Gasteiger partial charge in [-0.25, -0.2) is 4.68 Å². The molecule has 0 N–H and O–H groups in total. The summed E-state index contributed by atoms with van der Waals surface area (Å²) >= 11 is 22.3. The van der Waals surface area contributed by atoms with E-state index in [9.17, 15) is 22.4 Å². The number of carbonyl (C=O) groups excluding carboxylic acids is 1. The highest BCUT2D eigenvalue weighted by atomic mass is 35.5. The van der Waals surface area contributed by atoms with E-state index in [4.69, 9.17) is 51.7 Å². The molecule has 4 nitrogen and oxygen atoms in total.